The number of halogens is 3. The van der Waals surface area contributed by atoms with Crippen molar-refractivity contribution in [3.8, 4) is 11.8 Å². The summed E-state index contributed by atoms with van der Waals surface area (Å²) in [5.74, 6) is 5.73. The van der Waals surface area contributed by atoms with E-state index in [0.29, 0.717) is 23.5 Å². The van der Waals surface area contributed by atoms with Crippen LogP contribution >= 0.6 is 0 Å². The molecule has 8 heteroatoms. The van der Waals surface area contributed by atoms with Crippen LogP contribution in [0.5, 0.6) is 0 Å². The van der Waals surface area contributed by atoms with Gasteiger partial charge in [-0.25, -0.2) is 4.98 Å². The van der Waals surface area contributed by atoms with Gasteiger partial charge in [0.15, 0.2) is 5.78 Å². The number of carbonyl (C=O) groups is 1. The van der Waals surface area contributed by atoms with Crippen molar-refractivity contribution in [2.24, 2.45) is 0 Å². The third kappa shape index (κ3) is 6.42. The Bertz CT molecular complexity index is 1140. The topological polar surface area (TPSA) is 46.8 Å². The SMILES string of the molecule is CN(C)CCCC(=O)COCc1nc2ccccn2c1C#Cc1cccc(C(F)(F)F)c1. The highest BCUT2D eigenvalue weighted by Crippen LogP contribution is 2.29. The third-order valence-corrected chi connectivity index (χ3v) is 4.68. The van der Waals surface area contributed by atoms with Gasteiger partial charge >= 0.3 is 6.18 Å². The standard InChI is InChI=1S/C24H24F3N3O2/c1-29(2)13-6-9-20(31)16-32-17-21-22(30-14-4-3-10-23(30)28-21)12-11-18-7-5-8-19(15-18)24(25,26)27/h3-5,7-8,10,14-15H,6,9,13,16-17H2,1-2H3. The first-order chi connectivity index (χ1) is 15.2. The first-order valence-corrected chi connectivity index (χ1v) is 10.1. The summed E-state index contributed by atoms with van der Waals surface area (Å²) in [5, 5.41) is 0. The van der Waals surface area contributed by atoms with E-state index < -0.39 is 11.7 Å². The van der Waals surface area contributed by atoms with Gasteiger partial charge in [0.2, 0.25) is 0 Å². The van der Waals surface area contributed by atoms with Gasteiger partial charge in [0.25, 0.3) is 0 Å². The van der Waals surface area contributed by atoms with Gasteiger partial charge in [0.1, 0.15) is 23.6 Å². The number of benzene rings is 1. The van der Waals surface area contributed by atoms with Gasteiger partial charge in [0, 0.05) is 18.2 Å². The molecule has 0 unspecified atom stereocenters. The zero-order chi connectivity index (χ0) is 23.1. The van der Waals surface area contributed by atoms with Crippen LogP contribution < -0.4 is 0 Å². The van der Waals surface area contributed by atoms with Crippen molar-refractivity contribution in [1.29, 1.82) is 0 Å². The van der Waals surface area contributed by atoms with Crippen LogP contribution in [0.2, 0.25) is 0 Å². The highest BCUT2D eigenvalue weighted by atomic mass is 19.4. The molecular weight excluding hydrogens is 419 g/mol. The fourth-order valence-corrected chi connectivity index (χ4v) is 3.11. The van der Waals surface area contributed by atoms with E-state index >= 15 is 0 Å². The van der Waals surface area contributed by atoms with Gasteiger partial charge in [-0.05, 0) is 63.3 Å². The first-order valence-electron chi connectivity index (χ1n) is 10.1. The van der Waals surface area contributed by atoms with E-state index in [1.54, 1.807) is 16.7 Å². The second kappa shape index (κ2) is 10.4. The third-order valence-electron chi connectivity index (χ3n) is 4.68. The lowest BCUT2D eigenvalue weighted by molar-refractivity contribution is -0.137. The first kappa shape index (κ1) is 23.5. The molecule has 0 amide bonds. The number of hydrogen-bond donors (Lipinski definition) is 0. The number of carbonyl (C=O) groups excluding carboxylic acids is 1. The predicted octanol–water partition coefficient (Wildman–Crippen LogP) is 4.18. The van der Waals surface area contributed by atoms with E-state index in [-0.39, 0.29) is 24.6 Å². The summed E-state index contributed by atoms with van der Waals surface area (Å²) < 4.78 is 46.2. The molecule has 0 aliphatic rings. The van der Waals surface area contributed by atoms with Crippen molar-refractivity contribution in [2.75, 3.05) is 27.2 Å². The number of aromatic nitrogens is 2. The van der Waals surface area contributed by atoms with Crippen LogP contribution in [-0.4, -0.2) is 47.3 Å². The van der Waals surface area contributed by atoms with Gasteiger partial charge in [-0.1, -0.05) is 18.1 Å². The van der Waals surface area contributed by atoms with E-state index in [1.807, 2.05) is 31.1 Å². The molecule has 0 fully saturated rings. The molecule has 0 radical (unpaired) electrons. The maximum atomic E-state index is 13.0. The average Bonchev–Trinajstić information content (AvgIpc) is 3.09. The molecule has 2 heterocycles. The lowest BCUT2D eigenvalue weighted by Crippen LogP contribution is -2.16. The number of fused-ring (bicyclic) bond motifs is 1. The summed E-state index contributed by atoms with van der Waals surface area (Å²) in [7, 11) is 3.90. The molecule has 0 spiro atoms. The van der Waals surface area contributed by atoms with E-state index in [2.05, 4.69) is 16.8 Å². The van der Waals surface area contributed by atoms with Crippen molar-refractivity contribution in [3.63, 3.8) is 0 Å². The van der Waals surface area contributed by atoms with Gasteiger partial charge < -0.3 is 9.64 Å². The second-order valence-electron chi connectivity index (χ2n) is 7.60. The average molecular weight is 443 g/mol. The normalized spacial score (nSPS) is 11.6. The second-order valence-corrected chi connectivity index (χ2v) is 7.60. The van der Waals surface area contributed by atoms with Crippen molar-refractivity contribution >= 4 is 11.4 Å². The number of Topliss-reactive ketones (excluding diaryl/α,β-unsaturated/α-hetero) is 1. The molecule has 0 N–H and O–H groups in total. The van der Waals surface area contributed by atoms with Gasteiger partial charge in [-0.2, -0.15) is 13.2 Å². The fourth-order valence-electron chi connectivity index (χ4n) is 3.11. The summed E-state index contributed by atoms with van der Waals surface area (Å²) in [4.78, 5) is 18.5. The van der Waals surface area contributed by atoms with Crippen LogP contribution in [0.15, 0.2) is 48.7 Å². The predicted molar refractivity (Wildman–Crippen MR) is 115 cm³/mol. The molecule has 0 aliphatic heterocycles. The van der Waals surface area contributed by atoms with Crippen LogP contribution in [0.3, 0.4) is 0 Å². The summed E-state index contributed by atoms with van der Waals surface area (Å²) >= 11 is 0. The van der Waals surface area contributed by atoms with E-state index in [4.69, 9.17) is 4.74 Å². The number of nitrogens with zero attached hydrogens (tertiary/aromatic N) is 3. The quantitative estimate of drug-likeness (QED) is 0.490. The number of alkyl halides is 3. The molecule has 0 saturated heterocycles. The Morgan fingerprint density at radius 3 is 2.72 bits per heavy atom. The van der Waals surface area contributed by atoms with Crippen LogP contribution in [0, 0.1) is 11.8 Å². The zero-order valence-electron chi connectivity index (χ0n) is 17.9. The van der Waals surface area contributed by atoms with Crippen molar-refractivity contribution < 1.29 is 22.7 Å². The lowest BCUT2D eigenvalue weighted by atomic mass is 10.1. The fraction of sp³-hybridized carbons (Fsp3) is 0.333. The molecule has 0 bridgehead atoms. The van der Waals surface area contributed by atoms with Gasteiger partial charge in [-0.3, -0.25) is 9.20 Å². The minimum Gasteiger partial charge on any atom is -0.367 e. The Hall–Kier alpha value is -3.15. The minimum atomic E-state index is -4.43. The minimum absolute atomic E-state index is 0.00668. The van der Waals surface area contributed by atoms with E-state index in [1.165, 1.54) is 12.1 Å². The van der Waals surface area contributed by atoms with E-state index in [0.717, 1.165) is 25.1 Å². The Kier molecular flexibility index (Phi) is 7.67. The molecule has 3 rings (SSSR count). The summed E-state index contributed by atoms with van der Waals surface area (Å²) in [5.41, 5.74) is 1.17. The van der Waals surface area contributed by atoms with Crippen molar-refractivity contribution in [2.45, 2.75) is 25.6 Å². The van der Waals surface area contributed by atoms with Crippen LogP contribution in [0.4, 0.5) is 13.2 Å². The van der Waals surface area contributed by atoms with Gasteiger partial charge in [-0.15, -0.1) is 0 Å². The number of pyridine rings is 1. The maximum Gasteiger partial charge on any atom is 0.416 e. The smallest absolute Gasteiger partial charge is 0.367 e. The van der Waals surface area contributed by atoms with Crippen molar-refractivity contribution in [3.05, 3.63) is 71.2 Å². The molecule has 168 valence electrons. The van der Waals surface area contributed by atoms with Crippen LogP contribution in [-0.2, 0) is 22.3 Å². The molecule has 32 heavy (non-hydrogen) atoms. The largest absolute Gasteiger partial charge is 0.416 e. The Morgan fingerprint density at radius 2 is 1.97 bits per heavy atom. The number of ether oxygens (including phenoxy) is 1. The monoisotopic (exact) mass is 443 g/mol. The summed E-state index contributed by atoms with van der Waals surface area (Å²) in [6.07, 6.45) is -1.46. The van der Waals surface area contributed by atoms with Crippen LogP contribution in [0.25, 0.3) is 5.65 Å². The number of ketones is 1. The number of hydrogen-bond acceptors (Lipinski definition) is 4. The highest BCUT2D eigenvalue weighted by molar-refractivity contribution is 5.79. The molecule has 3 aromatic rings. The Balaban J connectivity index is 1.76. The number of imidazole rings is 1. The van der Waals surface area contributed by atoms with Crippen LogP contribution in [0.1, 0.15) is 35.4 Å². The number of rotatable bonds is 8. The highest BCUT2D eigenvalue weighted by Gasteiger charge is 2.30. The lowest BCUT2D eigenvalue weighted by Gasteiger charge is -2.08. The Labute approximate surface area is 184 Å². The molecular formula is C24H24F3N3O2. The maximum absolute atomic E-state index is 13.0. The molecule has 1 aromatic carbocycles. The molecule has 0 aliphatic carbocycles. The van der Waals surface area contributed by atoms with Crippen molar-refractivity contribution in [1.82, 2.24) is 14.3 Å². The summed E-state index contributed by atoms with van der Waals surface area (Å²) in [6.45, 7) is 0.878. The van der Waals surface area contributed by atoms with E-state index in [9.17, 15) is 18.0 Å². The van der Waals surface area contributed by atoms with Gasteiger partial charge in [0.05, 0.1) is 12.2 Å². The molecule has 0 atom stereocenters. The zero-order valence-corrected chi connectivity index (χ0v) is 17.9. The molecule has 0 saturated carbocycles. The molecule has 5 nitrogen and oxygen atoms in total. The summed E-state index contributed by atoms with van der Waals surface area (Å²) in [6, 6.07) is 10.3. The molecule has 2 aromatic heterocycles. The Morgan fingerprint density at radius 1 is 1.16 bits per heavy atom.